The van der Waals surface area contributed by atoms with Crippen LogP contribution in [0.2, 0.25) is 0 Å². The number of morpholine rings is 1. The van der Waals surface area contributed by atoms with Gasteiger partial charge in [-0.2, -0.15) is 0 Å². The minimum Gasteiger partial charge on any atom is -0.381 e. The standard InChI is InChI=1S/C17H25BN2O4/c1-11-8-19(10-14(18)24-11)17(23)13-4-2-12(3-5-13)9-20-15(21)6-7-16(20)22/h6-7,11-14H,2-5,8-10,18H2,1H3. The van der Waals surface area contributed by atoms with Crippen molar-refractivity contribution in [3.05, 3.63) is 12.2 Å². The maximum absolute atomic E-state index is 12.7. The van der Waals surface area contributed by atoms with Gasteiger partial charge < -0.3 is 9.64 Å². The molecule has 6 nitrogen and oxygen atoms in total. The number of rotatable bonds is 3. The fourth-order valence-corrected chi connectivity index (χ4v) is 4.08. The summed E-state index contributed by atoms with van der Waals surface area (Å²) >= 11 is 0. The Balaban J connectivity index is 1.49. The van der Waals surface area contributed by atoms with E-state index >= 15 is 0 Å². The quantitative estimate of drug-likeness (QED) is 0.536. The highest BCUT2D eigenvalue weighted by Gasteiger charge is 2.34. The Hall–Kier alpha value is -1.63. The van der Waals surface area contributed by atoms with Crippen LogP contribution in [0.1, 0.15) is 32.6 Å². The normalized spacial score (nSPS) is 34.0. The summed E-state index contributed by atoms with van der Waals surface area (Å²) < 4.78 is 5.70. The van der Waals surface area contributed by atoms with Crippen molar-refractivity contribution < 1.29 is 19.1 Å². The van der Waals surface area contributed by atoms with Crippen LogP contribution in [0.3, 0.4) is 0 Å². The maximum Gasteiger partial charge on any atom is 0.253 e. The highest BCUT2D eigenvalue weighted by molar-refractivity contribution is 6.12. The van der Waals surface area contributed by atoms with Crippen molar-refractivity contribution in [2.45, 2.75) is 44.7 Å². The molecule has 1 saturated heterocycles. The molecule has 2 aliphatic heterocycles. The van der Waals surface area contributed by atoms with Crippen LogP contribution in [0.4, 0.5) is 0 Å². The van der Waals surface area contributed by atoms with Crippen molar-refractivity contribution >= 4 is 25.6 Å². The molecule has 130 valence electrons. The van der Waals surface area contributed by atoms with Gasteiger partial charge in [-0.05, 0) is 38.5 Å². The van der Waals surface area contributed by atoms with E-state index in [-0.39, 0.29) is 35.7 Å². The molecule has 1 aliphatic carbocycles. The molecular formula is C17H25BN2O4. The Morgan fingerprint density at radius 1 is 1.17 bits per heavy atom. The van der Waals surface area contributed by atoms with Gasteiger partial charge in [-0.3, -0.25) is 19.3 Å². The third kappa shape index (κ3) is 3.71. The van der Waals surface area contributed by atoms with Crippen molar-refractivity contribution in [1.29, 1.82) is 0 Å². The number of hydrogen-bond donors (Lipinski definition) is 0. The van der Waals surface area contributed by atoms with Crippen molar-refractivity contribution in [3.8, 4) is 0 Å². The van der Waals surface area contributed by atoms with Crippen LogP contribution in [-0.4, -0.2) is 67.1 Å². The van der Waals surface area contributed by atoms with E-state index < -0.39 is 0 Å². The fourth-order valence-electron chi connectivity index (χ4n) is 4.08. The second-order valence-corrected chi connectivity index (χ2v) is 7.34. The lowest BCUT2D eigenvalue weighted by molar-refractivity contribution is -0.146. The Morgan fingerprint density at radius 2 is 1.79 bits per heavy atom. The first-order valence-electron chi connectivity index (χ1n) is 8.92. The number of ether oxygens (including phenoxy) is 1. The SMILES string of the molecule is BC1CN(C(=O)C2CCC(CN3C(=O)C=CC3=O)CC2)CC(C)O1. The molecule has 2 unspecified atom stereocenters. The first-order valence-corrected chi connectivity index (χ1v) is 8.92. The van der Waals surface area contributed by atoms with Crippen LogP contribution < -0.4 is 0 Å². The molecule has 0 aromatic carbocycles. The van der Waals surface area contributed by atoms with Gasteiger partial charge in [-0.15, -0.1) is 0 Å². The second-order valence-electron chi connectivity index (χ2n) is 7.34. The topological polar surface area (TPSA) is 66.9 Å². The van der Waals surface area contributed by atoms with Gasteiger partial charge >= 0.3 is 0 Å². The summed E-state index contributed by atoms with van der Waals surface area (Å²) in [6.45, 7) is 3.83. The van der Waals surface area contributed by atoms with Crippen LogP contribution in [0.15, 0.2) is 12.2 Å². The summed E-state index contributed by atoms with van der Waals surface area (Å²) in [4.78, 5) is 39.3. The zero-order valence-electron chi connectivity index (χ0n) is 14.4. The largest absolute Gasteiger partial charge is 0.381 e. The molecule has 3 amide bonds. The zero-order chi connectivity index (χ0) is 17.3. The van der Waals surface area contributed by atoms with Crippen LogP contribution in [0.25, 0.3) is 0 Å². The predicted octanol–water partition coefficient (Wildman–Crippen LogP) is -0.0757. The van der Waals surface area contributed by atoms with E-state index in [0.29, 0.717) is 25.6 Å². The first kappa shape index (κ1) is 17.2. The molecule has 0 bridgehead atoms. The molecule has 24 heavy (non-hydrogen) atoms. The van der Waals surface area contributed by atoms with Gasteiger partial charge in [0.1, 0.15) is 7.85 Å². The molecule has 0 N–H and O–H groups in total. The molecule has 0 radical (unpaired) electrons. The predicted molar refractivity (Wildman–Crippen MR) is 90.8 cm³/mol. The van der Waals surface area contributed by atoms with E-state index in [2.05, 4.69) is 0 Å². The van der Waals surface area contributed by atoms with Crippen LogP contribution in [-0.2, 0) is 19.1 Å². The minimum absolute atomic E-state index is 0.0712. The highest BCUT2D eigenvalue weighted by atomic mass is 16.5. The minimum atomic E-state index is -0.213. The Morgan fingerprint density at radius 3 is 2.38 bits per heavy atom. The maximum atomic E-state index is 12.7. The van der Waals surface area contributed by atoms with Gasteiger partial charge in [0.2, 0.25) is 5.91 Å². The van der Waals surface area contributed by atoms with Crippen LogP contribution in [0, 0.1) is 11.8 Å². The lowest BCUT2D eigenvalue weighted by Crippen LogP contribution is -2.51. The number of imide groups is 1. The summed E-state index contributed by atoms with van der Waals surface area (Å²) in [6.07, 6.45) is 6.22. The first-order chi connectivity index (χ1) is 11.4. The molecule has 2 fully saturated rings. The number of hydrogen-bond acceptors (Lipinski definition) is 4. The molecule has 7 heteroatoms. The van der Waals surface area contributed by atoms with Gasteiger partial charge in [-0.25, -0.2) is 0 Å². The highest BCUT2D eigenvalue weighted by Crippen LogP contribution is 2.31. The summed E-state index contributed by atoms with van der Waals surface area (Å²) in [5.41, 5.74) is 0. The number of carbonyl (C=O) groups excluding carboxylic acids is 3. The van der Waals surface area contributed by atoms with E-state index in [1.807, 2.05) is 19.7 Å². The van der Waals surface area contributed by atoms with Gasteiger partial charge in [0.25, 0.3) is 11.8 Å². The number of carbonyl (C=O) groups is 3. The number of nitrogens with zero attached hydrogens (tertiary/aromatic N) is 2. The molecule has 1 saturated carbocycles. The molecular weight excluding hydrogens is 307 g/mol. The molecule has 2 heterocycles. The Labute approximate surface area is 143 Å². The molecule has 0 aromatic heterocycles. The average Bonchev–Trinajstić information content (AvgIpc) is 2.86. The van der Waals surface area contributed by atoms with Gasteiger partial charge in [-0.1, -0.05) is 0 Å². The van der Waals surface area contributed by atoms with Crippen molar-refractivity contribution in [1.82, 2.24) is 9.80 Å². The van der Waals surface area contributed by atoms with Crippen molar-refractivity contribution in [3.63, 3.8) is 0 Å². The van der Waals surface area contributed by atoms with E-state index in [1.165, 1.54) is 17.1 Å². The average molecular weight is 332 g/mol. The lowest BCUT2D eigenvalue weighted by Gasteiger charge is -2.39. The van der Waals surface area contributed by atoms with Gasteiger partial charge in [0, 0.05) is 43.7 Å². The van der Waals surface area contributed by atoms with E-state index in [0.717, 1.165) is 25.7 Å². The molecule has 0 aromatic rings. The second kappa shape index (κ2) is 7.09. The Bertz CT molecular complexity index is 529. The summed E-state index contributed by atoms with van der Waals surface area (Å²) in [7, 11) is 2.00. The fraction of sp³-hybridized carbons (Fsp3) is 0.706. The zero-order valence-corrected chi connectivity index (χ0v) is 14.4. The molecule has 3 rings (SSSR count). The van der Waals surface area contributed by atoms with Crippen LogP contribution in [0.5, 0.6) is 0 Å². The Kier molecular flexibility index (Phi) is 5.08. The molecule has 0 spiro atoms. The number of amides is 3. The third-order valence-electron chi connectivity index (χ3n) is 5.27. The molecule has 2 atom stereocenters. The third-order valence-corrected chi connectivity index (χ3v) is 5.27. The van der Waals surface area contributed by atoms with E-state index in [4.69, 9.17) is 4.74 Å². The summed E-state index contributed by atoms with van der Waals surface area (Å²) in [5, 5.41) is 0. The van der Waals surface area contributed by atoms with Crippen LogP contribution >= 0.6 is 0 Å². The van der Waals surface area contributed by atoms with Gasteiger partial charge in [0.15, 0.2) is 0 Å². The monoisotopic (exact) mass is 332 g/mol. The lowest BCUT2D eigenvalue weighted by atomic mass is 9.80. The van der Waals surface area contributed by atoms with Gasteiger partial charge in [0.05, 0.1) is 6.10 Å². The van der Waals surface area contributed by atoms with E-state index in [1.54, 1.807) is 0 Å². The smallest absolute Gasteiger partial charge is 0.253 e. The summed E-state index contributed by atoms with van der Waals surface area (Å²) in [6, 6.07) is 0.0914. The van der Waals surface area contributed by atoms with Crippen molar-refractivity contribution in [2.75, 3.05) is 19.6 Å². The van der Waals surface area contributed by atoms with E-state index in [9.17, 15) is 14.4 Å². The summed E-state index contributed by atoms with van der Waals surface area (Å²) in [5.74, 6) is 0.195. The van der Waals surface area contributed by atoms with Crippen molar-refractivity contribution in [2.24, 2.45) is 11.8 Å². The molecule has 3 aliphatic rings.